The fraction of sp³-hybridized carbons (Fsp3) is 0. The van der Waals surface area contributed by atoms with Crippen molar-refractivity contribution >= 4 is 27.8 Å². The molecule has 0 aromatic heterocycles. The third-order valence-electron chi connectivity index (χ3n) is 8.89. The van der Waals surface area contributed by atoms with Crippen molar-refractivity contribution in [1.29, 1.82) is 0 Å². The summed E-state index contributed by atoms with van der Waals surface area (Å²) in [5.74, 6) is 0. The molecule has 0 saturated heterocycles. The number of nitrogens with zero attached hydrogens (tertiary/aromatic N) is 1. The maximum Gasteiger partial charge on any atom is 0.0467 e. The summed E-state index contributed by atoms with van der Waals surface area (Å²) in [5.41, 5.74) is 13.0. The minimum atomic E-state index is 1.11. The third-order valence-corrected chi connectivity index (χ3v) is 8.89. The largest absolute Gasteiger partial charge is 0.310 e. The average molecular weight is 600 g/mol. The van der Waals surface area contributed by atoms with Crippen molar-refractivity contribution in [2.75, 3.05) is 4.90 Å². The molecular formula is C46H33N. The van der Waals surface area contributed by atoms with Crippen LogP contribution < -0.4 is 4.90 Å². The van der Waals surface area contributed by atoms with E-state index in [2.05, 4.69) is 205 Å². The van der Waals surface area contributed by atoms with Gasteiger partial charge in [-0.15, -0.1) is 0 Å². The molecule has 222 valence electrons. The highest BCUT2D eigenvalue weighted by atomic mass is 15.1. The lowest BCUT2D eigenvalue weighted by atomic mass is 9.97. The van der Waals surface area contributed by atoms with Crippen molar-refractivity contribution < 1.29 is 0 Å². The highest BCUT2D eigenvalue weighted by Gasteiger charge is 2.15. The minimum Gasteiger partial charge on any atom is -0.310 e. The van der Waals surface area contributed by atoms with Gasteiger partial charge in [0.2, 0.25) is 0 Å². The Bertz CT molecular complexity index is 2250. The second-order valence-corrected chi connectivity index (χ2v) is 11.8. The molecule has 47 heavy (non-hydrogen) atoms. The lowest BCUT2D eigenvalue weighted by molar-refractivity contribution is 1.28. The molecule has 8 rings (SSSR count). The second-order valence-electron chi connectivity index (χ2n) is 11.8. The van der Waals surface area contributed by atoms with E-state index in [9.17, 15) is 0 Å². The summed E-state index contributed by atoms with van der Waals surface area (Å²) in [7, 11) is 0. The van der Waals surface area contributed by atoms with Crippen molar-refractivity contribution in [2.24, 2.45) is 0 Å². The Morgan fingerprint density at radius 2 is 0.660 bits per heavy atom. The van der Waals surface area contributed by atoms with Gasteiger partial charge in [-0.1, -0.05) is 164 Å². The van der Waals surface area contributed by atoms with E-state index >= 15 is 0 Å². The molecule has 0 bridgehead atoms. The smallest absolute Gasteiger partial charge is 0.0467 e. The molecule has 0 heterocycles. The Hall–Kier alpha value is -6.18. The topological polar surface area (TPSA) is 3.24 Å². The molecule has 0 radical (unpaired) electrons. The third kappa shape index (κ3) is 5.83. The number of hydrogen-bond acceptors (Lipinski definition) is 1. The molecule has 0 spiro atoms. The normalized spacial score (nSPS) is 11.0. The zero-order chi connectivity index (χ0) is 31.4. The van der Waals surface area contributed by atoms with E-state index in [0.29, 0.717) is 0 Å². The summed E-state index contributed by atoms with van der Waals surface area (Å²) >= 11 is 0. The zero-order valence-electron chi connectivity index (χ0n) is 26.0. The van der Waals surface area contributed by atoms with Crippen LogP contribution in [0.2, 0.25) is 0 Å². The molecule has 8 aromatic rings. The van der Waals surface area contributed by atoms with E-state index < -0.39 is 0 Å². The van der Waals surface area contributed by atoms with Gasteiger partial charge in [-0.2, -0.15) is 0 Å². The van der Waals surface area contributed by atoms with Crippen LogP contribution in [-0.4, -0.2) is 0 Å². The Balaban J connectivity index is 1.18. The lowest BCUT2D eigenvalue weighted by Crippen LogP contribution is -2.10. The number of fused-ring (bicyclic) bond motifs is 1. The number of benzene rings is 8. The van der Waals surface area contributed by atoms with Gasteiger partial charge in [0.05, 0.1) is 0 Å². The van der Waals surface area contributed by atoms with E-state index in [1.54, 1.807) is 0 Å². The van der Waals surface area contributed by atoms with Crippen molar-refractivity contribution in [3.05, 3.63) is 200 Å². The highest BCUT2D eigenvalue weighted by molar-refractivity contribution is 5.97. The Labute approximate surface area is 276 Å². The van der Waals surface area contributed by atoms with Gasteiger partial charge in [-0.25, -0.2) is 0 Å². The van der Waals surface area contributed by atoms with Gasteiger partial charge < -0.3 is 4.90 Å². The van der Waals surface area contributed by atoms with Gasteiger partial charge in [-0.3, -0.25) is 0 Å². The molecule has 8 aromatic carbocycles. The summed E-state index contributed by atoms with van der Waals surface area (Å²) in [6.07, 6.45) is 0. The summed E-state index contributed by atoms with van der Waals surface area (Å²) in [6.45, 7) is 0. The van der Waals surface area contributed by atoms with E-state index in [1.165, 1.54) is 55.3 Å². The summed E-state index contributed by atoms with van der Waals surface area (Å²) < 4.78 is 0. The first-order valence-electron chi connectivity index (χ1n) is 16.1. The fourth-order valence-electron chi connectivity index (χ4n) is 6.46. The Morgan fingerprint density at radius 1 is 0.255 bits per heavy atom. The van der Waals surface area contributed by atoms with Crippen LogP contribution in [0.15, 0.2) is 200 Å². The molecule has 0 fully saturated rings. The Morgan fingerprint density at radius 3 is 1.21 bits per heavy atom. The van der Waals surface area contributed by atoms with Crippen LogP contribution in [-0.2, 0) is 0 Å². The van der Waals surface area contributed by atoms with Gasteiger partial charge in [0.15, 0.2) is 0 Å². The van der Waals surface area contributed by atoms with E-state index in [1.807, 2.05) is 0 Å². The van der Waals surface area contributed by atoms with Crippen molar-refractivity contribution in [3.63, 3.8) is 0 Å². The van der Waals surface area contributed by atoms with E-state index in [-0.39, 0.29) is 0 Å². The highest BCUT2D eigenvalue weighted by Crippen LogP contribution is 2.39. The standard InChI is InChI=1S/C46H33N/c1-3-11-34(12-4-1)36-21-23-37(24-22-36)39-27-31-43(32-28-39)47(42-29-25-38(26-30-42)35-13-5-2-6-14-35)44-18-9-17-41(33-44)46-20-10-16-40-15-7-8-19-45(40)46/h1-33H. The number of hydrogen-bond donors (Lipinski definition) is 0. The first-order chi connectivity index (χ1) is 23.3. The fourth-order valence-corrected chi connectivity index (χ4v) is 6.46. The zero-order valence-corrected chi connectivity index (χ0v) is 26.0. The van der Waals surface area contributed by atoms with Crippen LogP contribution in [0.1, 0.15) is 0 Å². The maximum atomic E-state index is 2.35. The molecule has 1 heteroatoms. The molecule has 0 amide bonds. The molecule has 0 saturated carbocycles. The average Bonchev–Trinajstić information content (AvgIpc) is 3.16. The summed E-state index contributed by atoms with van der Waals surface area (Å²) in [4.78, 5) is 2.35. The molecule has 0 aliphatic heterocycles. The van der Waals surface area contributed by atoms with Gasteiger partial charge in [0, 0.05) is 17.1 Å². The lowest BCUT2D eigenvalue weighted by Gasteiger charge is -2.26. The molecule has 0 aliphatic carbocycles. The first kappa shape index (κ1) is 28.3. The monoisotopic (exact) mass is 599 g/mol. The van der Waals surface area contributed by atoms with Gasteiger partial charge in [-0.05, 0) is 91.7 Å². The van der Waals surface area contributed by atoms with Crippen molar-refractivity contribution in [3.8, 4) is 44.5 Å². The Kier molecular flexibility index (Phi) is 7.63. The van der Waals surface area contributed by atoms with Crippen LogP contribution in [0.25, 0.3) is 55.3 Å². The van der Waals surface area contributed by atoms with Gasteiger partial charge in [0.1, 0.15) is 0 Å². The molecule has 0 atom stereocenters. The first-order valence-corrected chi connectivity index (χ1v) is 16.1. The minimum absolute atomic E-state index is 1.11. The number of rotatable bonds is 7. The summed E-state index contributed by atoms with van der Waals surface area (Å²) in [5, 5.41) is 2.50. The predicted molar refractivity (Wildman–Crippen MR) is 200 cm³/mol. The van der Waals surface area contributed by atoms with Crippen LogP contribution >= 0.6 is 0 Å². The second kappa shape index (κ2) is 12.7. The van der Waals surface area contributed by atoms with Crippen LogP contribution in [0.3, 0.4) is 0 Å². The molecule has 0 N–H and O–H groups in total. The van der Waals surface area contributed by atoms with Gasteiger partial charge >= 0.3 is 0 Å². The van der Waals surface area contributed by atoms with Crippen LogP contribution in [0, 0.1) is 0 Å². The summed E-state index contributed by atoms with van der Waals surface area (Å²) in [6, 6.07) is 71.8. The quantitative estimate of drug-likeness (QED) is 0.176. The van der Waals surface area contributed by atoms with E-state index in [4.69, 9.17) is 0 Å². The van der Waals surface area contributed by atoms with Gasteiger partial charge in [0.25, 0.3) is 0 Å². The molecule has 0 unspecified atom stereocenters. The van der Waals surface area contributed by atoms with Crippen molar-refractivity contribution in [1.82, 2.24) is 0 Å². The predicted octanol–water partition coefficient (Wildman–Crippen LogP) is 13.0. The molecule has 1 nitrogen and oxygen atoms in total. The molecule has 0 aliphatic rings. The number of anilines is 3. The maximum absolute atomic E-state index is 2.35. The van der Waals surface area contributed by atoms with Crippen LogP contribution in [0.4, 0.5) is 17.1 Å². The van der Waals surface area contributed by atoms with Crippen molar-refractivity contribution in [2.45, 2.75) is 0 Å². The molecular weight excluding hydrogens is 567 g/mol. The van der Waals surface area contributed by atoms with Crippen LogP contribution in [0.5, 0.6) is 0 Å². The SMILES string of the molecule is c1ccc(-c2ccc(-c3ccc(N(c4ccc(-c5ccccc5)cc4)c4cccc(-c5cccc6ccccc56)c4)cc3)cc2)cc1. The van der Waals surface area contributed by atoms with E-state index in [0.717, 1.165) is 17.1 Å².